The molecule has 24 heavy (non-hydrogen) atoms. The molecule has 2 aliphatic heterocycles. The van der Waals surface area contributed by atoms with E-state index < -0.39 is 10.0 Å². The maximum Gasteiger partial charge on any atom is 0.244 e. The number of hydrogen-bond acceptors (Lipinski definition) is 6. The Morgan fingerprint density at radius 2 is 2.08 bits per heavy atom. The lowest BCUT2D eigenvalue weighted by molar-refractivity contribution is 0.155. The van der Waals surface area contributed by atoms with Crippen LogP contribution in [0.4, 0.5) is 0 Å². The number of thioether (sulfide) groups is 1. The van der Waals surface area contributed by atoms with E-state index in [1.165, 1.54) is 10.5 Å². The van der Waals surface area contributed by atoms with Crippen LogP contribution < -0.4 is 4.74 Å². The number of rotatable bonds is 4. The Morgan fingerprint density at radius 1 is 1.21 bits per heavy atom. The second-order valence-corrected chi connectivity index (χ2v) is 9.49. The third kappa shape index (κ3) is 2.89. The molecule has 0 N–H and O–H groups in total. The lowest BCUT2D eigenvalue weighted by Gasteiger charge is -2.46. The summed E-state index contributed by atoms with van der Waals surface area (Å²) < 4.78 is 32.5. The first kappa shape index (κ1) is 15.9. The van der Waals surface area contributed by atoms with Crippen LogP contribution in [0.15, 0.2) is 53.8 Å². The Morgan fingerprint density at radius 3 is 2.79 bits per heavy atom. The van der Waals surface area contributed by atoms with Crippen molar-refractivity contribution in [2.75, 3.05) is 18.8 Å². The van der Waals surface area contributed by atoms with Gasteiger partial charge in [-0.1, -0.05) is 6.07 Å². The second-order valence-electron chi connectivity index (χ2n) is 6.07. The van der Waals surface area contributed by atoms with Gasteiger partial charge < -0.3 is 4.74 Å². The van der Waals surface area contributed by atoms with Crippen LogP contribution in [0.5, 0.6) is 5.88 Å². The molecule has 4 rings (SSSR count). The maximum absolute atomic E-state index is 12.6. The minimum atomic E-state index is -3.44. The fourth-order valence-corrected chi connectivity index (χ4v) is 6.37. The number of sulfonamides is 1. The van der Waals surface area contributed by atoms with Crippen molar-refractivity contribution < 1.29 is 13.2 Å². The lowest BCUT2D eigenvalue weighted by Crippen LogP contribution is -2.60. The summed E-state index contributed by atoms with van der Waals surface area (Å²) in [7, 11) is -3.44. The first-order chi connectivity index (χ1) is 11.6. The van der Waals surface area contributed by atoms with Crippen LogP contribution in [0, 0.1) is 0 Å². The highest BCUT2D eigenvalue weighted by Crippen LogP contribution is 2.47. The predicted octanol–water partition coefficient (Wildman–Crippen LogP) is 1.80. The highest BCUT2D eigenvalue weighted by atomic mass is 32.2. The van der Waals surface area contributed by atoms with Gasteiger partial charge in [-0.05, 0) is 18.2 Å². The molecule has 2 fully saturated rings. The van der Waals surface area contributed by atoms with E-state index in [0.29, 0.717) is 19.0 Å². The van der Waals surface area contributed by atoms with Crippen molar-refractivity contribution in [1.29, 1.82) is 0 Å². The summed E-state index contributed by atoms with van der Waals surface area (Å²) in [6, 6.07) is 8.82. The smallest absolute Gasteiger partial charge is 0.244 e. The van der Waals surface area contributed by atoms with Gasteiger partial charge in [0, 0.05) is 54.7 Å². The van der Waals surface area contributed by atoms with Crippen LogP contribution in [0.1, 0.15) is 6.42 Å². The van der Waals surface area contributed by atoms with E-state index in [4.69, 9.17) is 4.74 Å². The van der Waals surface area contributed by atoms with E-state index in [-0.39, 0.29) is 15.7 Å². The number of aromatic nitrogens is 2. The molecular weight excluding hydrogens is 346 g/mol. The molecule has 6 nitrogen and oxygen atoms in total. The number of pyridine rings is 2. The van der Waals surface area contributed by atoms with Crippen molar-refractivity contribution in [2.24, 2.45) is 0 Å². The van der Waals surface area contributed by atoms with Crippen molar-refractivity contribution in [2.45, 2.75) is 22.2 Å². The third-order valence-electron chi connectivity index (χ3n) is 4.30. The highest BCUT2D eigenvalue weighted by Gasteiger charge is 2.53. The molecular formula is C16H17N3O3S2. The molecule has 0 radical (unpaired) electrons. The minimum Gasteiger partial charge on any atom is -0.473 e. The standard InChI is InChI=1S/C16H17N3O3S2/c20-24(21,14-4-3-6-17-9-14)19-11-16(12-19)8-13(10-23-16)22-15-5-1-2-7-18-15/h1-7,9,13H,8,10-12H2/t13-/m0/s1. The van der Waals surface area contributed by atoms with E-state index in [1.807, 2.05) is 18.2 Å². The normalized spacial score (nSPS) is 23.1. The quantitative estimate of drug-likeness (QED) is 0.825. The van der Waals surface area contributed by atoms with E-state index >= 15 is 0 Å². The average molecular weight is 363 g/mol. The highest BCUT2D eigenvalue weighted by molar-refractivity contribution is 8.01. The van der Waals surface area contributed by atoms with Crippen molar-refractivity contribution in [3.05, 3.63) is 48.9 Å². The fourth-order valence-electron chi connectivity index (χ4n) is 3.10. The fraction of sp³-hybridized carbons (Fsp3) is 0.375. The molecule has 2 saturated heterocycles. The molecule has 2 aromatic heterocycles. The molecule has 1 atom stereocenters. The van der Waals surface area contributed by atoms with Gasteiger partial charge in [-0.15, -0.1) is 11.8 Å². The molecule has 8 heteroatoms. The number of hydrogen-bond donors (Lipinski definition) is 0. The number of nitrogens with zero attached hydrogens (tertiary/aromatic N) is 3. The molecule has 0 saturated carbocycles. The summed E-state index contributed by atoms with van der Waals surface area (Å²) in [5.41, 5.74) is 0. The van der Waals surface area contributed by atoms with E-state index in [2.05, 4.69) is 9.97 Å². The van der Waals surface area contributed by atoms with Gasteiger partial charge >= 0.3 is 0 Å². The van der Waals surface area contributed by atoms with Crippen molar-refractivity contribution in [3.63, 3.8) is 0 Å². The first-order valence-corrected chi connectivity index (χ1v) is 10.1. The third-order valence-corrected chi connectivity index (χ3v) is 7.65. The zero-order chi connectivity index (χ0) is 16.6. The molecule has 0 unspecified atom stereocenters. The van der Waals surface area contributed by atoms with E-state index in [1.54, 1.807) is 36.3 Å². The molecule has 126 valence electrons. The van der Waals surface area contributed by atoms with Gasteiger partial charge in [0.2, 0.25) is 15.9 Å². The summed E-state index contributed by atoms with van der Waals surface area (Å²) >= 11 is 1.80. The summed E-state index contributed by atoms with van der Waals surface area (Å²) in [6.07, 6.45) is 5.59. The minimum absolute atomic E-state index is 0.0330. The van der Waals surface area contributed by atoms with Gasteiger partial charge in [-0.25, -0.2) is 13.4 Å². The van der Waals surface area contributed by atoms with Gasteiger partial charge in [0.25, 0.3) is 0 Å². The molecule has 0 amide bonds. The summed E-state index contributed by atoms with van der Waals surface area (Å²) in [6.45, 7) is 1.05. The van der Waals surface area contributed by atoms with Gasteiger partial charge in [-0.3, -0.25) is 4.98 Å². The molecule has 0 aromatic carbocycles. The van der Waals surface area contributed by atoms with Gasteiger partial charge in [0.05, 0.1) is 0 Å². The van der Waals surface area contributed by atoms with Crippen molar-refractivity contribution >= 4 is 21.8 Å². The molecule has 0 bridgehead atoms. The van der Waals surface area contributed by atoms with Crippen LogP contribution in [0.3, 0.4) is 0 Å². The Hall–Kier alpha value is -1.64. The first-order valence-electron chi connectivity index (χ1n) is 7.69. The van der Waals surface area contributed by atoms with Gasteiger partial charge in [0.15, 0.2) is 0 Å². The van der Waals surface area contributed by atoms with Crippen LogP contribution in [0.25, 0.3) is 0 Å². The van der Waals surface area contributed by atoms with Crippen molar-refractivity contribution in [1.82, 2.24) is 14.3 Å². The molecule has 2 aliphatic rings. The second kappa shape index (κ2) is 6.02. The Bertz CT molecular complexity index is 809. The Labute approximate surface area is 145 Å². The zero-order valence-electron chi connectivity index (χ0n) is 12.9. The van der Waals surface area contributed by atoms with Crippen molar-refractivity contribution in [3.8, 4) is 5.88 Å². The SMILES string of the molecule is O=S(=O)(c1cccnc1)N1CC2(C[C@H](Oc3ccccn3)CS2)C1. The predicted molar refractivity (Wildman–Crippen MR) is 91.5 cm³/mol. The van der Waals surface area contributed by atoms with Crippen LogP contribution in [0.2, 0.25) is 0 Å². The van der Waals surface area contributed by atoms with Gasteiger partial charge in [-0.2, -0.15) is 4.31 Å². The molecule has 0 aliphatic carbocycles. The zero-order valence-corrected chi connectivity index (χ0v) is 14.5. The summed E-state index contributed by atoms with van der Waals surface area (Å²) in [5.74, 6) is 1.48. The lowest BCUT2D eigenvalue weighted by atomic mass is 9.95. The molecule has 2 aromatic rings. The van der Waals surface area contributed by atoms with Crippen LogP contribution in [-0.2, 0) is 10.0 Å². The maximum atomic E-state index is 12.6. The van der Waals surface area contributed by atoms with E-state index in [0.717, 1.165) is 12.2 Å². The largest absolute Gasteiger partial charge is 0.473 e. The topological polar surface area (TPSA) is 72.4 Å². The molecule has 1 spiro atoms. The van der Waals surface area contributed by atoms with Gasteiger partial charge in [0.1, 0.15) is 11.0 Å². The summed E-state index contributed by atoms with van der Waals surface area (Å²) in [5, 5.41) is 0. The average Bonchev–Trinajstić information content (AvgIpc) is 3.00. The van der Waals surface area contributed by atoms with Crippen LogP contribution >= 0.6 is 11.8 Å². The summed E-state index contributed by atoms with van der Waals surface area (Å²) in [4.78, 5) is 8.34. The number of ether oxygens (including phenoxy) is 1. The Kier molecular flexibility index (Phi) is 3.98. The monoisotopic (exact) mass is 363 g/mol. The molecule has 4 heterocycles. The Balaban J connectivity index is 1.39. The van der Waals surface area contributed by atoms with E-state index in [9.17, 15) is 8.42 Å². The van der Waals surface area contributed by atoms with Crippen LogP contribution in [-0.4, -0.2) is 52.4 Å².